The minimum Gasteiger partial charge on any atom is -0.315 e. The second-order valence-corrected chi connectivity index (χ2v) is 4.32. The average molecular weight is 255 g/mol. The largest absolute Gasteiger partial charge is 0.315 e. The van der Waals surface area contributed by atoms with Gasteiger partial charge in [-0.1, -0.05) is 35.5 Å². The summed E-state index contributed by atoms with van der Waals surface area (Å²) in [6.45, 7) is 2.39. The van der Waals surface area contributed by atoms with Gasteiger partial charge in [0.15, 0.2) is 0 Å². The molecule has 1 heterocycles. The fourth-order valence-corrected chi connectivity index (χ4v) is 1.89. The lowest BCUT2D eigenvalue weighted by Crippen LogP contribution is -2.23. The molecule has 0 saturated heterocycles. The van der Waals surface area contributed by atoms with Gasteiger partial charge >= 0.3 is 0 Å². The van der Waals surface area contributed by atoms with E-state index < -0.39 is 0 Å². The van der Waals surface area contributed by atoms with Crippen LogP contribution in [0.4, 0.5) is 0 Å². The maximum atomic E-state index is 9.17. The second-order valence-electron chi connectivity index (χ2n) is 4.32. The standard InChI is InChI=1S/C14H17N5/c15-11-14(13-5-2-1-3-6-13)12-16-7-4-9-19-10-8-17-18-19/h1-3,5-6,8,10,14,16H,4,7,9,12H2. The lowest BCUT2D eigenvalue weighted by molar-refractivity contribution is 0.526. The molecule has 5 heteroatoms. The van der Waals surface area contributed by atoms with Gasteiger partial charge in [0.05, 0.1) is 18.2 Å². The van der Waals surface area contributed by atoms with Crippen LogP contribution in [0, 0.1) is 11.3 Å². The van der Waals surface area contributed by atoms with Crippen LogP contribution in [0.2, 0.25) is 0 Å². The summed E-state index contributed by atoms with van der Waals surface area (Å²) < 4.78 is 1.81. The molecule has 2 aromatic rings. The van der Waals surface area contributed by atoms with Crippen molar-refractivity contribution < 1.29 is 0 Å². The Morgan fingerprint density at radius 1 is 1.32 bits per heavy atom. The van der Waals surface area contributed by atoms with E-state index in [0.717, 1.165) is 25.1 Å². The Kier molecular flexibility index (Phi) is 5.08. The first-order valence-electron chi connectivity index (χ1n) is 6.39. The molecule has 0 aliphatic heterocycles. The lowest BCUT2D eigenvalue weighted by Gasteiger charge is -2.10. The van der Waals surface area contributed by atoms with E-state index >= 15 is 0 Å². The van der Waals surface area contributed by atoms with Gasteiger partial charge in [0, 0.05) is 19.3 Å². The maximum Gasteiger partial charge on any atom is 0.0837 e. The zero-order valence-electron chi connectivity index (χ0n) is 10.7. The van der Waals surface area contributed by atoms with E-state index in [2.05, 4.69) is 21.7 Å². The van der Waals surface area contributed by atoms with Gasteiger partial charge in [-0.25, -0.2) is 0 Å². The molecule has 0 radical (unpaired) electrons. The highest BCUT2D eigenvalue weighted by Crippen LogP contribution is 2.12. The minimum atomic E-state index is -0.0902. The summed E-state index contributed by atoms with van der Waals surface area (Å²) in [6.07, 6.45) is 4.49. The Bertz CT molecular complexity index is 500. The Morgan fingerprint density at radius 3 is 2.84 bits per heavy atom. The third kappa shape index (κ3) is 4.19. The number of rotatable bonds is 7. The van der Waals surface area contributed by atoms with E-state index in [1.54, 1.807) is 10.9 Å². The molecule has 5 nitrogen and oxygen atoms in total. The quantitative estimate of drug-likeness (QED) is 0.762. The second kappa shape index (κ2) is 7.29. The van der Waals surface area contributed by atoms with Crippen LogP contribution in [0.5, 0.6) is 0 Å². The first-order chi connectivity index (χ1) is 9.40. The topological polar surface area (TPSA) is 66.5 Å². The highest BCUT2D eigenvalue weighted by molar-refractivity contribution is 5.24. The molecule has 1 unspecified atom stereocenters. The molecule has 0 bridgehead atoms. The van der Waals surface area contributed by atoms with Crippen LogP contribution in [0.1, 0.15) is 17.9 Å². The van der Waals surface area contributed by atoms with Crippen molar-refractivity contribution in [2.45, 2.75) is 18.9 Å². The van der Waals surface area contributed by atoms with E-state index in [9.17, 15) is 5.26 Å². The van der Waals surface area contributed by atoms with Gasteiger partial charge < -0.3 is 5.32 Å². The van der Waals surface area contributed by atoms with Gasteiger partial charge in [-0.2, -0.15) is 5.26 Å². The van der Waals surface area contributed by atoms with Crippen molar-refractivity contribution in [1.29, 1.82) is 5.26 Å². The van der Waals surface area contributed by atoms with Gasteiger partial charge in [0.1, 0.15) is 0 Å². The summed E-state index contributed by atoms with van der Waals surface area (Å²) in [5.74, 6) is -0.0902. The van der Waals surface area contributed by atoms with Crippen LogP contribution < -0.4 is 5.32 Å². The molecule has 0 saturated carbocycles. The van der Waals surface area contributed by atoms with Crippen LogP contribution in [-0.2, 0) is 6.54 Å². The predicted octanol–water partition coefficient (Wildman–Crippen LogP) is 1.57. The van der Waals surface area contributed by atoms with Gasteiger partial charge in [-0.05, 0) is 18.5 Å². The number of aromatic nitrogens is 3. The third-order valence-electron chi connectivity index (χ3n) is 2.92. The smallest absolute Gasteiger partial charge is 0.0837 e. The first-order valence-corrected chi connectivity index (χ1v) is 6.39. The summed E-state index contributed by atoms with van der Waals surface area (Å²) in [4.78, 5) is 0. The summed E-state index contributed by atoms with van der Waals surface area (Å²) in [7, 11) is 0. The molecule has 0 fully saturated rings. The first kappa shape index (κ1) is 13.2. The molecule has 1 atom stereocenters. The van der Waals surface area contributed by atoms with Gasteiger partial charge in [-0.15, -0.1) is 5.10 Å². The van der Waals surface area contributed by atoms with Crippen molar-refractivity contribution in [3.63, 3.8) is 0 Å². The van der Waals surface area contributed by atoms with Gasteiger partial charge in [0.2, 0.25) is 0 Å². The minimum absolute atomic E-state index is 0.0902. The van der Waals surface area contributed by atoms with E-state index in [1.165, 1.54) is 0 Å². The Hall–Kier alpha value is -2.19. The van der Waals surface area contributed by atoms with Crippen LogP contribution >= 0.6 is 0 Å². The summed E-state index contributed by atoms with van der Waals surface area (Å²) in [5.41, 5.74) is 1.06. The summed E-state index contributed by atoms with van der Waals surface area (Å²) >= 11 is 0. The molecule has 1 aromatic carbocycles. The highest BCUT2D eigenvalue weighted by atomic mass is 15.4. The molecule has 0 amide bonds. The number of hydrogen-bond donors (Lipinski definition) is 1. The zero-order valence-corrected chi connectivity index (χ0v) is 10.7. The third-order valence-corrected chi connectivity index (χ3v) is 2.92. The van der Waals surface area contributed by atoms with Gasteiger partial charge in [0.25, 0.3) is 0 Å². The molecule has 1 aromatic heterocycles. The number of benzene rings is 1. The van der Waals surface area contributed by atoms with Crippen molar-refractivity contribution in [2.24, 2.45) is 0 Å². The van der Waals surface area contributed by atoms with Crippen molar-refractivity contribution in [1.82, 2.24) is 20.3 Å². The Labute approximate surface area is 112 Å². The predicted molar refractivity (Wildman–Crippen MR) is 72.3 cm³/mol. The van der Waals surface area contributed by atoms with Crippen molar-refractivity contribution >= 4 is 0 Å². The Morgan fingerprint density at radius 2 is 2.16 bits per heavy atom. The van der Waals surface area contributed by atoms with E-state index in [0.29, 0.717) is 6.54 Å². The zero-order chi connectivity index (χ0) is 13.3. The number of aryl methyl sites for hydroxylation is 1. The number of nitrogens with zero attached hydrogens (tertiary/aromatic N) is 4. The number of nitrogens with one attached hydrogen (secondary N) is 1. The molecular formula is C14H17N5. The van der Waals surface area contributed by atoms with E-state index in [1.807, 2.05) is 36.5 Å². The SMILES string of the molecule is N#CC(CNCCCn1ccnn1)c1ccccc1. The van der Waals surface area contributed by atoms with E-state index in [4.69, 9.17) is 0 Å². The average Bonchev–Trinajstić information content (AvgIpc) is 2.97. The normalized spacial score (nSPS) is 11.9. The lowest BCUT2D eigenvalue weighted by atomic mass is 10.0. The molecule has 0 spiro atoms. The molecular weight excluding hydrogens is 238 g/mol. The molecule has 0 aliphatic carbocycles. The van der Waals surface area contributed by atoms with Crippen LogP contribution in [0.15, 0.2) is 42.7 Å². The van der Waals surface area contributed by atoms with Crippen molar-refractivity contribution in [3.05, 3.63) is 48.3 Å². The monoisotopic (exact) mass is 255 g/mol. The van der Waals surface area contributed by atoms with Crippen LogP contribution in [-0.4, -0.2) is 28.1 Å². The highest BCUT2D eigenvalue weighted by Gasteiger charge is 2.08. The van der Waals surface area contributed by atoms with Crippen molar-refractivity contribution in [2.75, 3.05) is 13.1 Å². The van der Waals surface area contributed by atoms with Crippen molar-refractivity contribution in [3.8, 4) is 6.07 Å². The number of hydrogen-bond acceptors (Lipinski definition) is 4. The molecule has 0 aliphatic rings. The molecule has 98 valence electrons. The van der Waals surface area contributed by atoms with E-state index in [-0.39, 0.29) is 5.92 Å². The van der Waals surface area contributed by atoms with Crippen LogP contribution in [0.25, 0.3) is 0 Å². The number of nitriles is 1. The Balaban J connectivity index is 1.68. The fourth-order valence-electron chi connectivity index (χ4n) is 1.89. The molecule has 2 rings (SSSR count). The van der Waals surface area contributed by atoms with Crippen LogP contribution in [0.3, 0.4) is 0 Å². The summed E-state index contributed by atoms with van der Waals surface area (Å²) in [5, 5.41) is 20.1. The van der Waals surface area contributed by atoms with Gasteiger partial charge in [-0.3, -0.25) is 4.68 Å². The maximum absolute atomic E-state index is 9.17. The molecule has 1 N–H and O–H groups in total. The summed E-state index contributed by atoms with van der Waals surface area (Å²) in [6, 6.07) is 12.2. The molecule has 19 heavy (non-hydrogen) atoms. The fraction of sp³-hybridized carbons (Fsp3) is 0.357.